The van der Waals surface area contributed by atoms with Gasteiger partial charge in [-0.2, -0.15) is 4.37 Å². The molecule has 2 rings (SSSR count). The molecule has 7 heteroatoms. The minimum Gasteiger partial charge on any atom is -0.368 e. The Kier molecular flexibility index (Phi) is 3.12. The molecular weight excluding hydrogens is 230 g/mol. The van der Waals surface area contributed by atoms with E-state index in [0.29, 0.717) is 0 Å². The van der Waals surface area contributed by atoms with E-state index in [2.05, 4.69) is 19.3 Å². The standard InChI is InChI=1S/C8H9N5S2/c1-2-5-11-8(15-13-5)14-6-3-4-10-7(9)12-6/h3-4H,2H2,1H3,(H2,9,10,12). The maximum Gasteiger partial charge on any atom is 0.221 e. The van der Waals surface area contributed by atoms with Crippen molar-refractivity contribution in [3.63, 3.8) is 0 Å². The Balaban J connectivity index is 2.14. The monoisotopic (exact) mass is 239 g/mol. The first-order valence-electron chi connectivity index (χ1n) is 4.37. The van der Waals surface area contributed by atoms with E-state index < -0.39 is 0 Å². The highest BCUT2D eigenvalue weighted by Gasteiger charge is 2.05. The molecular formula is C8H9N5S2. The Morgan fingerprint density at radius 3 is 3.00 bits per heavy atom. The average molecular weight is 239 g/mol. The van der Waals surface area contributed by atoms with Crippen molar-refractivity contribution in [1.29, 1.82) is 0 Å². The molecule has 0 unspecified atom stereocenters. The van der Waals surface area contributed by atoms with Crippen LogP contribution in [0.4, 0.5) is 5.95 Å². The summed E-state index contributed by atoms with van der Waals surface area (Å²) in [7, 11) is 0. The van der Waals surface area contributed by atoms with E-state index in [4.69, 9.17) is 5.73 Å². The van der Waals surface area contributed by atoms with Gasteiger partial charge in [0.2, 0.25) is 5.95 Å². The third-order valence-corrected chi connectivity index (χ3v) is 3.33. The Morgan fingerprint density at radius 1 is 1.47 bits per heavy atom. The van der Waals surface area contributed by atoms with Crippen LogP contribution in [-0.4, -0.2) is 19.3 Å². The highest BCUT2D eigenvalue weighted by Crippen LogP contribution is 2.27. The number of anilines is 1. The van der Waals surface area contributed by atoms with E-state index in [-0.39, 0.29) is 5.95 Å². The molecule has 0 saturated heterocycles. The van der Waals surface area contributed by atoms with Crippen LogP contribution in [0.5, 0.6) is 0 Å². The molecule has 15 heavy (non-hydrogen) atoms. The van der Waals surface area contributed by atoms with E-state index >= 15 is 0 Å². The second-order valence-electron chi connectivity index (χ2n) is 2.69. The zero-order valence-corrected chi connectivity index (χ0v) is 9.68. The number of aromatic nitrogens is 4. The van der Waals surface area contributed by atoms with Gasteiger partial charge < -0.3 is 5.73 Å². The van der Waals surface area contributed by atoms with E-state index in [9.17, 15) is 0 Å². The molecule has 0 aliphatic heterocycles. The van der Waals surface area contributed by atoms with Crippen LogP contribution in [0.2, 0.25) is 0 Å². The predicted octanol–water partition coefficient (Wildman–Crippen LogP) is 1.62. The maximum absolute atomic E-state index is 5.48. The molecule has 2 heterocycles. The number of hydrogen-bond donors (Lipinski definition) is 1. The lowest BCUT2D eigenvalue weighted by molar-refractivity contribution is 0.969. The summed E-state index contributed by atoms with van der Waals surface area (Å²) >= 11 is 2.83. The fourth-order valence-corrected chi connectivity index (χ4v) is 2.54. The number of nitrogens with zero attached hydrogens (tertiary/aromatic N) is 4. The van der Waals surface area contributed by atoms with Crippen molar-refractivity contribution in [2.75, 3.05) is 5.73 Å². The molecule has 5 nitrogen and oxygen atoms in total. The molecule has 2 aromatic rings. The van der Waals surface area contributed by atoms with Gasteiger partial charge in [-0.3, -0.25) is 0 Å². The van der Waals surface area contributed by atoms with E-state index in [1.165, 1.54) is 23.3 Å². The van der Waals surface area contributed by atoms with Crippen molar-refractivity contribution < 1.29 is 0 Å². The van der Waals surface area contributed by atoms with Gasteiger partial charge in [-0.25, -0.2) is 15.0 Å². The van der Waals surface area contributed by atoms with Gasteiger partial charge in [0.1, 0.15) is 10.9 Å². The van der Waals surface area contributed by atoms with Crippen LogP contribution in [0.1, 0.15) is 12.7 Å². The molecule has 2 aromatic heterocycles. The van der Waals surface area contributed by atoms with Gasteiger partial charge in [-0.1, -0.05) is 6.92 Å². The summed E-state index contributed by atoms with van der Waals surface area (Å²) in [5, 5.41) is 0.793. The lowest BCUT2D eigenvalue weighted by Gasteiger charge is -1.95. The SMILES string of the molecule is CCc1nsc(Sc2ccnc(N)n2)n1. The number of nitrogen functional groups attached to an aromatic ring is 1. The van der Waals surface area contributed by atoms with Gasteiger partial charge in [0.25, 0.3) is 0 Å². The van der Waals surface area contributed by atoms with Gasteiger partial charge in [0, 0.05) is 12.6 Å². The third-order valence-electron chi connectivity index (χ3n) is 1.61. The quantitative estimate of drug-likeness (QED) is 0.820. The Labute approximate surface area is 95.3 Å². The van der Waals surface area contributed by atoms with Crippen molar-refractivity contribution in [3.05, 3.63) is 18.1 Å². The number of aryl methyl sites for hydroxylation is 1. The summed E-state index contributed by atoms with van der Waals surface area (Å²) < 4.78 is 5.07. The average Bonchev–Trinajstić information content (AvgIpc) is 2.65. The lowest BCUT2D eigenvalue weighted by atomic mass is 10.5. The molecule has 2 N–H and O–H groups in total. The Hall–Kier alpha value is -1.21. The number of hydrogen-bond acceptors (Lipinski definition) is 7. The Bertz CT molecular complexity index is 456. The fourth-order valence-electron chi connectivity index (χ4n) is 0.926. The second-order valence-corrected chi connectivity index (χ2v) is 4.70. The topological polar surface area (TPSA) is 77.6 Å². The van der Waals surface area contributed by atoms with Crippen LogP contribution >= 0.6 is 23.3 Å². The molecule has 0 bridgehead atoms. The Morgan fingerprint density at radius 2 is 2.33 bits per heavy atom. The number of rotatable bonds is 3. The van der Waals surface area contributed by atoms with Crippen molar-refractivity contribution in [2.24, 2.45) is 0 Å². The summed E-state index contributed by atoms with van der Waals surface area (Å²) in [4.78, 5) is 12.2. The first kappa shape index (κ1) is 10.3. The molecule has 0 aromatic carbocycles. The number of nitrogens with two attached hydrogens (primary N) is 1. The minimum absolute atomic E-state index is 0.278. The van der Waals surface area contributed by atoms with Crippen LogP contribution in [0.3, 0.4) is 0 Å². The molecule has 0 radical (unpaired) electrons. The van der Waals surface area contributed by atoms with Crippen LogP contribution < -0.4 is 5.73 Å². The first-order chi connectivity index (χ1) is 7.28. The highest BCUT2D eigenvalue weighted by atomic mass is 32.2. The van der Waals surface area contributed by atoms with Gasteiger partial charge in [-0.05, 0) is 29.4 Å². The van der Waals surface area contributed by atoms with Gasteiger partial charge in [0.05, 0.1) is 0 Å². The van der Waals surface area contributed by atoms with Gasteiger partial charge in [-0.15, -0.1) is 0 Å². The van der Waals surface area contributed by atoms with Crippen LogP contribution in [0.25, 0.3) is 0 Å². The maximum atomic E-state index is 5.48. The summed E-state index contributed by atoms with van der Waals surface area (Å²) in [6.45, 7) is 2.03. The van der Waals surface area contributed by atoms with Crippen LogP contribution in [-0.2, 0) is 6.42 Å². The van der Waals surface area contributed by atoms with Crippen LogP contribution in [0, 0.1) is 0 Å². The normalized spacial score (nSPS) is 10.5. The third kappa shape index (κ3) is 2.63. The van der Waals surface area contributed by atoms with Crippen molar-refractivity contribution in [2.45, 2.75) is 22.7 Å². The summed E-state index contributed by atoms with van der Waals surface area (Å²) in [6, 6.07) is 1.80. The smallest absolute Gasteiger partial charge is 0.221 e. The fraction of sp³-hybridized carbons (Fsp3) is 0.250. The molecule has 0 amide bonds. The van der Waals surface area contributed by atoms with E-state index in [1.807, 2.05) is 6.92 Å². The minimum atomic E-state index is 0.278. The summed E-state index contributed by atoms with van der Waals surface area (Å²) in [6.07, 6.45) is 2.48. The first-order valence-corrected chi connectivity index (χ1v) is 5.96. The molecule has 0 aliphatic carbocycles. The molecule has 78 valence electrons. The van der Waals surface area contributed by atoms with Crippen molar-refractivity contribution >= 4 is 29.2 Å². The van der Waals surface area contributed by atoms with Gasteiger partial charge >= 0.3 is 0 Å². The summed E-state index contributed by atoms with van der Waals surface area (Å²) in [5.41, 5.74) is 5.48. The molecule has 0 saturated carbocycles. The van der Waals surface area contributed by atoms with E-state index in [0.717, 1.165) is 21.6 Å². The zero-order chi connectivity index (χ0) is 10.7. The summed E-state index contributed by atoms with van der Waals surface area (Å²) in [5.74, 6) is 1.14. The van der Waals surface area contributed by atoms with Crippen LogP contribution in [0.15, 0.2) is 21.6 Å². The van der Waals surface area contributed by atoms with Gasteiger partial charge in [0.15, 0.2) is 4.34 Å². The lowest BCUT2D eigenvalue weighted by Crippen LogP contribution is -1.93. The predicted molar refractivity (Wildman–Crippen MR) is 59.9 cm³/mol. The molecule has 0 aliphatic rings. The molecule has 0 spiro atoms. The second kappa shape index (κ2) is 4.54. The molecule has 0 atom stereocenters. The molecule has 0 fully saturated rings. The van der Waals surface area contributed by atoms with Crippen molar-refractivity contribution in [3.8, 4) is 0 Å². The zero-order valence-electron chi connectivity index (χ0n) is 8.04. The van der Waals surface area contributed by atoms with E-state index in [1.54, 1.807) is 12.3 Å². The largest absolute Gasteiger partial charge is 0.368 e. The van der Waals surface area contributed by atoms with Crippen molar-refractivity contribution in [1.82, 2.24) is 19.3 Å². The highest BCUT2D eigenvalue weighted by molar-refractivity contribution is 8.00.